The Hall–Kier alpha value is -1.45. The number of benzene rings is 2. The molecule has 2 unspecified atom stereocenters. The lowest BCUT2D eigenvalue weighted by molar-refractivity contribution is 0.150. The minimum Gasteiger partial charge on any atom is -0.361 e. The van der Waals surface area contributed by atoms with Crippen LogP contribution in [0.25, 0.3) is 16.8 Å². The molecule has 3 rings (SSSR count). The lowest BCUT2D eigenvalue weighted by atomic mass is 10.1. The van der Waals surface area contributed by atoms with Gasteiger partial charge in [0.25, 0.3) is 0 Å². The number of hydrogen-bond acceptors (Lipinski definition) is 2. The van der Waals surface area contributed by atoms with Gasteiger partial charge in [-0.05, 0) is 41.5 Å². The molecule has 3 heteroatoms. The van der Waals surface area contributed by atoms with E-state index in [9.17, 15) is 4.21 Å². The van der Waals surface area contributed by atoms with Gasteiger partial charge < -0.3 is 4.74 Å². The Bertz CT molecular complexity index is 646. The van der Waals surface area contributed by atoms with E-state index in [0.717, 1.165) is 15.8 Å². The van der Waals surface area contributed by atoms with Crippen LogP contribution < -0.4 is 0 Å². The molecule has 0 amide bonds. The first-order valence-corrected chi connectivity index (χ1v) is 7.24. The summed E-state index contributed by atoms with van der Waals surface area (Å²) in [6.07, 6.45) is 3.89. The van der Waals surface area contributed by atoms with Crippen molar-refractivity contribution in [1.29, 1.82) is 0 Å². The Balaban J connectivity index is 2.14. The second kappa shape index (κ2) is 4.67. The topological polar surface area (TPSA) is 26.3 Å². The van der Waals surface area contributed by atoms with E-state index in [0.29, 0.717) is 6.61 Å². The molecule has 0 radical (unpaired) electrons. The summed E-state index contributed by atoms with van der Waals surface area (Å²) in [5.41, 5.74) is 0.714. The van der Waals surface area contributed by atoms with Crippen molar-refractivity contribution < 1.29 is 8.95 Å². The van der Waals surface area contributed by atoms with Crippen molar-refractivity contribution >= 4 is 27.6 Å². The van der Waals surface area contributed by atoms with Crippen molar-refractivity contribution in [3.05, 3.63) is 48.0 Å². The van der Waals surface area contributed by atoms with Gasteiger partial charge in [0.05, 0.1) is 10.8 Å². The SMILES string of the molecule is CCOC1C=Cc2cc3ccccc3cc2S1=O. The second-order valence-electron chi connectivity index (χ2n) is 4.22. The largest absolute Gasteiger partial charge is 0.361 e. The highest BCUT2D eigenvalue weighted by atomic mass is 32.2. The summed E-state index contributed by atoms with van der Waals surface area (Å²) in [6, 6.07) is 12.2. The lowest BCUT2D eigenvalue weighted by Crippen LogP contribution is -2.20. The number of fused-ring (bicyclic) bond motifs is 2. The van der Waals surface area contributed by atoms with Crippen molar-refractivity contribution in [2.45, 2.75) is 17.3 Å². The fourth-order valence-electron chi connectivity index (χ4n) is 2.20. The van der Waals surface area contributed by atoms with E-state index in [-0.39, 0.29) is 5.44 Å². The van der Waals surface area contributed by atoms with Gasteiger partial charge in [0.1, 0.15) is 0 Å². The van der Waals surface area contributed by atoms with Gasteiger partial charge in [-0.1, -0.05) is 30.3 Å². The minimum absolute atomic E-state index is 0.316. The molecule has 0 saturated heterocycles. The molecule has 18 heavy (non-hydrogen) atoms. The molecule has 2 atom stereocenters. The van der Waals surface area contributed by atoms with Gasteiger partial charge in [-0.25, -0.2) is 0 Å². The Morgan fingerprint density at radius 2 is 1.94 bits per heavy atom. The average Bonchev–Trinajstić information content (AvgIpc) is 2.41. The average molecular weight is 258 g/mol. The van der Waals surface area contributed by atoms with Gasteiger partial charge in [-0.2, -0.15) is 0 Å². The van der Waals surface area contributed by atoms with Crippen molar-refractivity contribution in [2.24, 2.45) is 0 Å². The van der Waals surface area contributed by atoms with E-state index < -0.39 is 10.8 Å². The zero-order valence-electron chi connectivity index (χ0n) is 10.1. The number of rotatable bonds is 2. The van der Waals surface area contributed by atoms with Crippen LogP contribution in [0.4, 0.5) is 0 Å². The second-order valence-corrected chi connectivity index (χ2v) is 5.72. The van der Waals surface area contributed by atoms with Crippen LogP contribution in [-0.2, 0) is 15.5 Å². The predicted octanol–water partition coefficient (Wildman–Crippen LogP) is 3.34. The molecule has 1 heterocycles. The van der Waals surface area contributed by atoms with E-state index in [1.54, 1.807) is 0 Å². The highest BCUT2D eigenvalue weighted by Crippen LogP contribution is 2.29. The molecule has 92 valence electrons. The molecule has 1 aliphatic rings. The normalized spacial score (nSPS) is 22.1. The maximum Gasteiger partial charge on any atom is 0.155 e. The van der Waals surface area contributed by atoms with E-state index in [1.807, 2.05) is 43.3 Å². The van der Waals surface area contributed by atoms with Crippen LogP contribution in [0.2, 0.25) is 0 Å². The molecular weight excluding hydrogens is 244 g/mol. The van der Waals surface area contributed by atoms with Crippen LogP contribution in [0.1, 0.15) is 12.5 Å². The molecule has 0 bridgehead atoms. The molecule has 2 aromatic carbocycles. The summed E-state index contributed by atoms with van der Waals surface area (Å²) in [4.78, 5) is 0.870. The Morgan fingerprint density at radius 3 is 2.67 bits per heavy atom. The number of hydrogen-bond donors (Lipinski definition) is 0. The molecule has 2 nitrogen and oxygen atoms in total. The third-order valence-electron chi connectivity index (χ3n) is 3.07. The highest BCUT2D eigenvalue weighted by molar-refractivity contribution is 7.85. The monoisotopic (exact) mass is 258 g/mol. The Morgan fingerprint density at radius 1 is 1.22 bits per heavy atom. The van der Waals surface area contributed by atoms with Crippen molar-refractivity contribution in [3.63, 3.8) is 0 Å². The summed E-state index contributed by atoms with van der Waals surface area (Å²) in [5.74, 6) is 0. The summed E-state index contributed by atoms with van der Waals surface area (Å²) >= 11 is 0. The maximum absolute atomic E-state index is 12.4. The van der Waals surface area contributed by atoms with Gasteiger partial charge in [-0.15, -0.1) is 0 Å². The highest BCUT2D eigenvalue weighted by Gasteiger charge is 2.22. The quantitative estimate of drug-likeness (QED) is 0.826. The summed E-state index contributed by atoms with van der Waals surface area (Å²) < 4.78 is 17.9. The third-order valence-corrected chi connectivity index (χ3v) is 4.57. The summed E-state index contributed by atoms with van der Waals surface area (Å²) in [6.45, 7) is 2.49. The van der Waals surface area contributed by atoms with Crippen LogP contribution in [0.15, 0.2) is 47.4 Å². The fraction of sp³-hybridized carbons (Fsp3) is 0.200. The third kappa shape index (κ3) is 1.89. The van der Waals surface area contributed by atoms with Crippen LogP contribution in [0.5, 0.6) is 0 Å². The van der Waals surface area contributed by atoms with Crippen LogP contribution >= 0.6 is 0 Å². The molecular formula is C15H14O2S. The molecule has 2 aromatic rings. The first-order valence-electron chi connectivity index (χ1n) is 6.03. The van der Waals surface area contributed by atoms with Crippen LogP contribution in [0.3, 0.4) is 0 Å². The van der Waals surface area contributed by atoms with E-state index in [1.165, 1.54) is 5.39 Å². The predicted molar refractivity (Wildman–Crippen MR) is 74.8 cm³/mol. The maximum atomic E-state index is 12.4. The molecule has 1 aliphatic heterocycles. The van der Waals surface area contributed by atoms with E-state index in [4.69, 9.17) is 4.74 Å². The molecule has 0 fully saturated rings. The van der Waals surface area contributed by atoms with E-state index in [2.05, 4.69) is 12.1 Å². The van der Waals surface area contributed by atoms with Crippen molar-refractivity contribution in [1.82, 2.24) is 0 Å². The van der Waals surface area contributed by atoms with Crippen LogP contribution in [-0.4, -0.2) is 16.3 Å². The van der Waals surface area contributed by atoms with Gasteiger partial charge in [-0.3, -0.25) is 4.21 Å². The van der Waals surface area contributed by atoms with E-state index >= 15 is 0 Å². The van der Waals surface area contributed by atoms with Crippen LogP contribution in [0, 0.1) is 0 Å². The first-order chi connectivity index (χ1) is 8.79. The minimum atomic E-state index is -1.12. The molecule has 0 aromatic heterocycles. The van der Waals surface area contributed by atoms with Crippen molar-refractivity contribution in [2.75, 3.05) is 6.61 Å². The molecule has 0 spiro atoms. The summed E-state index contributed by atoms with van der Waals surface area (Å²) in [5, 5.41) is 2.29. The van der Waals surface area contributed by atoms with Gasteiger partial charge in [0.15, 0.2) is 5.44 Å². The first kappa shape index (κ1) is 11.6. The molecule has 0 aliphatic carbocycles. The molecule has 0 N–H and O–H groups in total. The van der Waals surface area contributed by atoms with Gasteiger partial charge in [0.2, 0.25) is 0 Å². The Kier molecular flexibility index (Phi) is 3.02. The van der Waals surface area contributed by atoms with Gasteiger partial charge in [0, 0.05) is 11.5 Å². The lowest BCUT2D eigenvalue weighted by Gasteiger charge is -2.19. The van der Waals surface area contributed by atoms with Crippen molar-refractivity contribution in [3.8, 4) is 0 Å². The van der Waals surface area contributed by atoms with Gasteiger partial charge >= 0.3 is 0 Å². The standard InChI is InChI=1S/C15H14O2S/c1-2-17-15-8-7-13-9-11-5-3-4-6-12(11)10-14(13)18(15)16/h3-10,15H,2H2,1H3. The summed E-state index contributed by atoms with van der Waals surface area (Å²) in [7, 11) is -1.12. The zero-order chi connectivity index (χ0) is 12.5. The number of ether oxygens (including phenoxy) is 1. The Labute approximate surface area is 109 Å². The smallest absolute Gasteiger partial charge is 0.155 e. The zero-order valence-corrected chi connectivity index (χ0v) is 10.9. The molecule has 0 saturated carbocycles. The fourth-order valence-corrected chi connectivity index (χ4v) is 3.54.